The molecule has 36 heavy (non-hydrogen) atoms. The van der Waals surface area contributed by atoms with Gasteiger partial charge in [-0.1, -0.05) is 23.5 Å². The molecule has 0 radical (unpaired) electrons. The number of aliphatic hydroxyl groups is 1. The Balaban J connectivity index is 1.64. The second-order valence-electron chi connectivity index (χ2n) is 8.62. The van der Waals surface area contributed by atoms with Crippen molar-refractivity contribution in [1.29, 1.82) is 0 Å². The van der Waals surface area contributed by atoms with E-state index in [9.17, 15) is 14.7 Å². The summed E-state index contributed by atoms with van der Waals surface area (Å²) < 4.78 is 12.0. The molecular weight excluding hydrogens is 478 g/mol. The number of anilines is 2. The van der Waals surface area contributed by atoms with Crippen molar-refractivity contribution in [2.75, 3.05) is 30.5 Å². The van der Waals surface area contributed by atoms with Crippen molar-refractivity contribution in [3.8, 4) is 5.75 Å². The van der Waals surface area contributed by atoms with Crippen molar-refractivity contribution in [1.82, 2.24) is 4.98 Å². The van der Waals surface area contributed by atoms with Crippen LogP contribution in [0.4, 0.5) is 10.8 Å². The number of Topliss-reactive ketones (excluding diaryl/α,β-unsaturated/α-hetero) is 1. The Morgan fingerprint density at radius 1 is 1.17 bits per heavy atom. The van der Waals surface area contributed by atoms with E-state index in [-0.39, 0.29) is 11.3 Å². The molecule has 2 aromatic heterocycles. The van der Waals surface area contributed by atoms with Gasteiger partial charge in [0.15, 0.2) is 16.7 Å². The highest BCUT2D eigenvalue weighted by Gasteiger charge is 2.46. The van der Waals surface area contributed by atoms with Gasteiger partial charge < -0.3 is 19.2 Å². The minimum atomic E-state index is -0.876. The molecule has 4 aromatic rings. The Morgan fingerprint density at radius 3 is 2.56 bits per heavy atom. The standard InChI is InChI=1S/C27H25N3O5S/c1-5-34-18-11-12-19-21(14-18)36-27(28-19)30-23(16-7-9-17(10-8-16)29(3)4)22(25(32)26(30)33)24(31)20-13-6-15(2)35-20/h6-14,23,32H,5H2,1-4H3. The average Bonchev–Trinajstić information content (AvgIpc) is 3.55. The fourth-order valence-corrected chi connectivity index (χ4v) is 5.27. The van der Waals surface area contributed by atoms with Crippen molar-refractivity contribution in [3.05, 3.63) is 83.0 Å². The number of fused-ring (bicyclic) bond motifs is 1. The summed E-state index contributed by atoms with van der Waals surface area (Å²) >= 11 is 1.29. The van der Waals surface area contributed by atoms with E-state index in [0.29, 0.717) is 34.3 Å². The third-order valence-corrected chi connectivity index (χ3v) is 7.03. The Morgan fingerprint density at radius 2 is 1.92 bits per heavy atom. The summed E-state index contributed by atoms with van der Waals surface area (Å²) in [5, 5.41) is 11.3. The molecule has 0 bridgehead atoms. The maximum absolute atomic E-state index is 13.5. The molecule has 1 amide bonds. The number of aromatic nitrogens is 1. The lowest BCUT2D eigenvalue weighted by Gasteiger charge is -2.25. The summed E-state index contributed by atoms with van der Waals surface area (Å²) in [4.78, 5) is 34.9. The molecule has 0 saturated heterocycles. The number of thiazole rings is 1. The summed E-state index contributed by atoms with van der Waals surface area (Å²) in [5.74, 6) is -0.517. The van der Waals surface area contributed by atoms with Crippen LogP contribution in [-0.4, -0.2) is 42.5 Å². The van der Waals surface area contributed by atoms with Crippen LogP contribution in [0.25, 0.3) is 10.2 Å². The van der Waals surface area contributed by atoms with Crippen molar-refractivity contribution in [3.63, 3.8) is 0 Å². The number of hydrogen-bond donors (Lipinski definition) is 1. The van der Waals surface area contributed by atoms with Crippen molar-refractivity contribution in [2.45, 2.75) is 19.9 Å². The number of rotatable bonds is 7. The molecule has 0 fully saturated rings. The molecule has 8 nitrogen and oxygen atoms in total. The largest absolute Gasteiger partial charge is 0.503 e. The number of amides is 1. The molecule has 3 heterocycles. The highest BCUT2D eigenvalue weighted by Crippen LogP contribution is 2.44. The lowest BCUT2D eigenvalue weighted by Crippen LogP contribution is -2.31. The monoisotopic (exact) mass is 503 g/mol. The number of nitrogens with zero attached hydrogens (tertiary/aromatic N) is 3. The van der Waals surface area contributed by atoms with Crippen LogP contribution in [0.5, 0.6) is 5.75 Å². The summed E-state index contributed by atoms with van der Waals surface area (Å²) in [7, 11) is 3.86. The van der Waals surface area contributed by atoms with Crippen molar-refractivity contribution >= 4 is 44.1 Å². The smallest absolute Gasteiger partial charge is 0.296 e. The van der Waals surface area contributed by atoms with Gasteiger partial charge in [-0.2, -0.15) is 0 Å². The molecule has 5 rings (SSSR count). The van der Waals surface area contributed by atoms with Gasteiger partial charge >= 0.3 is 0 Å². The van der Waals surface area contributed by atoms with E-state index in [0.717, 1.165) is 10.4 Å². The number of ether oxygens (including phenoxy) is 1. The molecule has 0 spiro atoms. The number of benzene rings is 2. The van der Waals surface area contributed by atoms with E-state index in [4.69, 9.17) is 9.15 Å². The van der Waals surface area contributed by atoms with Gasteiger partial charge in [0.2, 0.25) is 5.78 Å². The van der Waals surface area contributed by atoms with E-state index < -0.39 is 23.5 Å². The molecule has 1 aliphatic rings. The predicted octanol–water partition coefficient (Wildman–Crippen LogP) is 5.45. The fourth-order valence-electron chi connectivity index (χ4n) is 4.25. The molecular formula is C27H25N3O5S. The van der Waals surface area contributed by atoms with Crippen molar-refractivity contribution in [2.24, 2.45) is 0 Å². The molecule has 184 valence electrons. The highest BCUT2D eigenvalue weighted by atomic mass is 32.1. The minimum absolute atomic E-state index is 0.0405. The summed E-state index contributed by atoms with van der Waals surface area (Å²) in [5.41, 5.74) is 2.27. The minimum Gasteiger partial charge on any atom is -0.503 e. The average molecular weight is 504 g/mol. The Labute approximate surface area is 212 Å². The van der Waals surface area contributed by atoms with E-state index in [1.807, 2.05) is 68.4 Å². The van der Waals surface area contributed by atoms with Gasteiger partial charge in [0.05, 0.1) is 28.4 Å². The first kappa shape index (κ1) is 23.6. The Kier molecular flexibility index (Phi) is 6.01. The van der Waals surface area contributed by atoms with Crippen LogP contribution >= 0.6 is 11.3 Å². The number of carbonyl (C=O) groups excluding carboxylic acids is 2. The van der Waals surface area contributed by atoms with Crippen LogP contribution in [-0.2, 0) is 4.79 Å². The van der Waals surface area contributed by atoms with Gasteiger partial charge in [-0.05, 0) is 61.9 Å². The number of ketones is 1. The Bertz CT molecular complexity index is 1500. The molecule has 1 aliphatic heterocycles. The number of furan rings is 1. The fraction of sp³-hybridized carbons (Fsp3) is 0.222. The summed E-state index contributed by atoms with van der Waals surface area (Å²) in [6.45, 7) is 4.17. The van der Waals surface area contributed by atoms with Crippen LogP contribution in [0.15, 0.2) is 70.3 Å². The number of aryl methyl sites for hydroxylation is 1. The summed E-state index contributed by atoms with van der Waals surface area (Å²) in [6.07, 6.45) is 0. The molecule has 0 aliphatic carbocycles. The molecule has 0 saturated carbocycles. The van der Waals surface area contributed by atoms with E-state index in [2.05, 4.69) is 4.98 Å². The number of carbonyl (C=O) groups is 2. The molecule has 2 aromatic carbocycles. The van der Waals surface area contributed by atoms with Gasteiger partial charge in [0.25, 0.3) is 5.91 Å². The van der Waals surface area contributed by atoms with Crippen LogP contribution in [0.3, 0.4) is 0 Å². The van der Waals surface area contributed by atoms with Gasteiger partial charge in [-0.25, -0.2) is 4.98 Å². The normalized spacial score (nSPS) is 15.7. The number of aliphatic hydroxyl groups excluding tert-OH is 1. The second kappa shape index (κ2) is 9.16. The van der Waals surface area contributed by atoms with Gasteiger partial charge in [0.1, 0.15) is 11.5 Å². The van der Waals surface area contributed by atoms with E-state index in [1.54, 1.807) is 19.1 Å². The molecule has 9 heteroatoms. The zero-order valence-corrected chi connectivity index (χ0v) is 21.1. The first-order valence-electron chi connectivity index (χ1n) is 11.5. The first-order valence-corrected chi connectivity index (χ1v) is 12.3. The zero-order valence-electron chi connectivity index (χ0n) is 20.3. The predicted molar refractivity (Wildman–Crippen MR) is 139 cm³/mol. The SMILES string of the molecule is CCOc1ccc2nc(N3C(=O)C(O)=C(C(=O)c4ccc(C)o4)C3c3ccc(N(C)C)cc3)sc2c1. The molecule has 1 N–H and O–H groups in total. The summed E-state index contributed by atoms with van der Waals surface area (Å²) in [6, 6.07) is 15.4. The topological polar surface area (TPSA) is 96.1 Å². The third-order valence-electron chi connectivity index (χ3n) is 6.01. The van der Waals surface area contributed by atoms with Crippen LogP contribution in [0, 0.1) is 6.92 Å². The van der Waals surface area contributed by atoms with E-state index >= 15 is 0 Å². The van der Waals surface area contributed by atoms with Gasteiger partial charge in [-0.15, -0.1) is 0 Å². The lowest BCUT2D eigenvalue weighted by molar-refractivity contribution is -0.117. The quantitative estimate of drug-likeness (QED) is 0.335. The van der Waals surface area contributed by atoms with Crippen LogP contribution in [0.1, 0.15) is 34.8 Å². The highest BCUT2D eigenvalue weighted by molar-refractivity contribution is 7.22. The first-order chi connectivity index (χ1) is 17.3. The zero-order chi connectivity index (χ0) is 25.6. The maximum Gasteiger partial charge on any atom is 0.296 e. The van der Waals surface area contributed by atoms with Crippen LogP contribution in [0.2, 0.25) is 0 Å². The molecule has 1 unspecified atom stereocenters. The van der Waals surface area contributed by atoms with Crippen molar-refractivity contribution < 1.29 is 23.8 Å². The Hall–Kier alpha value is -4.11. The van der Waals surface area contributed by atoms with E-state index in [1.165, 1.54) is 16.2 Å². The van der Waals surface area contributed by atoms with Crippen LogP contribution < -0.4 is 14.5 Å². The second-order valence-corrected chi connectivity index (χ2v) is 9.63. The van der Waals surface area contributed by atoms with Gasteiger partial charge in [0, 0.05) is 19.8 Å². The molecule has 1 atom stereocenters. The lowest BCUT2D eigenvalue weighted by atomic mass is 9.95. The maximum atomic E-state index is 13.5. The third kappa shape index (κ3) is 4.01. The van der Waals surface area contributed by atoms with Gasteiger partial charge in [-0.3, -0.25) is 14.5 Å². The number of hydrogen-bond acceptors (Lipinski definition) is 8.